The Morgan fingerprint density at radius 1 is 1.58 bits per heavy atom. The third-order valence-corrected chi connectivity index (χ3v) is 4.86. The van der Waals surface area contributed by atoms with Crippen LogP contribution in [-0.2, 0) is 19.5 Å². The zero-order chi connectivity index (χ0) is 9.41. The van der Waals surface area contributed by atoms with Gasteiger partial charge in [-0.15, -0.1) is 0 Å². The van der Waals surface area contributed by atoms with Gasteiger partial charge in [-0.2, -0.15) is 5.90 Å². The Kier molecular flexibility index (Phi) is 2.13. The largest absolute Gasteiger partial charge is 0.372 e. The molecule has 1 atom stereocenters. The van der Waals surface area contributed by atoms with Crippen molar-refractivity contribution in [3.63, 3.8) is 0 Å². The van der Waals surface area contributed by atoms with E-state index in [1.54, 1.807) is 0 Å². The quantitative estimate of drug-likeness (QED) is 0.560. The van der Waals surface area contributed by atoms with Crippen molar-refractivity contribution in [2.24, 2.45) is 5.90 Å². The molecule has 1 aliphatic rings. The number of hydrogen-bond donors (Lipinski definition) is 1. The van der Waals surface area contributed by atoms with Gasteiger partial charge in [-0.05, 0) is 19.8 Å². The van der Waals surface area contributed by atoms with E-state index in [2.05, 4.69) is 10.7 Å². The molecule has 0 aromatic heterocycles. The second-order valence-corrected chi connectivity index (χ2v) is 5.60. The van der Waals surface area contributed by atoms with Crippen LogP contribution in [0.25, 0.3) is 0 Å². The van der Waals surface area contributed by atoms with E-state index in [1.807, 2.05) is 0 Å². The van der Waals surface area contributed by atoms with Gasteiger partial charge < -0.3 is 4.84 Å². The average Bonchev–Trinajstić information content (AvgIpc) is 2.26. The molecule has 1 rings (SSSR count). The number of sulfone groups is 1. The van der Waals surface area contributed by atoms with Gasteiger partial charge >= 0.3 is 5.97 Å². The summed E-state index contributed by atoms with van der Waals surface area (Å²) < 4.78 is 21.2. The Hall–Kier alpha value is -0.620. The molecule has 1 fully saturated rings. The Bertz CT molecular complexity index is 297. The summed E-state index contributed by atoms with van der Waals surface area (Å²) in [5.41, 5.74) is 0. The monoisotopic (exact) mass is 193 g/mol. The lowest BCUT2D eigenvalue weighted by molar-refractivity contribution is -0.146. The van der Waals surface area contributed by atoms with Crippen LogP contribution in [0.3, 0.4) is 0 Å². The van der Waals surface area contributed by atoms with E-state index in [9.17, 15) is 13.2 Å². The van der Waals surface area contributed by atoms with Gasteiger partial charge in [-0.3, -0.25) is 0 Å². The summed E-state index contributed by atoms with van der Waals surface area (Å²) in [7, 11) is -3.35. The van der Waals surface area contributed by atoms with Crippen molar-refractivity contribution in [2.75, 3.05) is 5.75 Å². The fourth-order valence-corrected chi connectivity index (χ4v) is 3.07. The fraction of sp³-hybridized carbons (Fsp3) is 0.833. The predicted octanol–water partition coefficient (Wildman–Crippen LogP) is -0.629. The van der Waals surface area contributed by atoms with Gasteiger partial charge in [0, 0.05) is 0 Å². The maximum atomic E-state index is 11.3. The van der Waals surface area contributed by atoms with Crippen molar-refractivity contribution >= 4 is 15.8 Å². The van der Waals surface area contributed by atoms with E-state index in [1.165, 1.54) is 6.92 Å². The van der Waals surface area contributed by atoms with Gasteiger partial charge in [-0.25, -0.2) is 13.2 Å². The first-order valence-electron chi connectivity index (χ1n) is 3.57. The smallest absolute Gasteiger partial charge is 0.345 e. The average molecular weight is 193 g/mol. The minimum absolute atomic E-state index is 0.0403. The SMILES string of the molecule is CC1(C(=O)ON)CCCS1(=O)=O. The third-order valence-electron chi connectivity index (χ3n) is 2.29. The molecule has 0 radical (unpaired) electrons. The zero-order valence-corrected chi connectivity index (χ0v) is 7.56. The first kappa shape index (κ1) is 9.47. The normalized spacial score (nSPS) is 33.2. The molecule has 1 saturated heterocycles. The number of rotatable bonds is 1. The Morgan fingerprint density at radius 3 is 2.50 bits per heavy atom. The first-order valence-corrected chi connectivity index (χ1v) is 5.23. The summed E-state index contributed by atoms with van der Waals surface area (Å²) in [6.07, 6.45) is 0.791. The van der Waals surface area contributed by atoms with Crippen LogP contribution in [0.4, 0.5) is 0 Å². The number of carbonyl (C=O) groups excluding carboxylic acids is 1. The van der Waals surface area contributed by atoms with Crippen LogP contribution in [0.15, 0.2) is 0 Å². The Balaban J connectivity index is 3.07. The maximum absolute atomic E-state index is 11.3. The fourth-order valence-electron chi connectivity index (χ4n) is 1.33. The highest BCUT2D eigenvalue weighted by atomic mass is 32.2. The van der Waals surface area contributed by atoms with Gasteiger partial charge in [-0.1, -0.05) is 0 Å². The Labute approximate surface area is 70.8 Å². The molecule has 1 aliphatic heterocycles. The van der Waals surface area contributed by atoms with Crippen LogP contribution >= 0.6 is 0 Å². The van der Waals surface area contributed by atoms with Crippen LogP contribution in [0, 0.1) is 0 Å². The molecule has 0 aromatic rings. The number of hydrogen-bond acceptors (Lipinski definition) is 5. The molecule has 5 nitrogen and oxygen atoms in total. The highest BCUT2D eigenvalue weighted by Gasteiger charge is 2.51. The molecular formula is C6H11NO4S. The number of carbonyl (C=O) groups is 1. The summed E-state index contributed by atoms with van der Waals surface area (Å²) in [6.45, 7) is 1.35. The molecule has 0 amide bonds. The lowest BCUT2D eigenvalue weighted by Crippen LogP contribution is -2.42. The molecule has 1 heterocycles. The van der Waals surface area contributed by atoms with Crippen molar-refractivity contribution < 1.29 is 18.0 Å². The molecule has 70 valence electrons. The van der Waals surface area contributed by atoms with Gasteiger partial charge in [0.1, 0.15) is 0 Å². The lowest BCUT2D eigenvalue weighted by atomic mass is 10.1. The summed E-state index contributed by atoms with van der Waals surface area (Å²) in [6, 6.07) is 0. The maximum Gasteiger partial charge on any atom is 0.345 e. The molecule has 0 spiro atoms. The van der Waals surface area contributed by atoms with Crippen LogP contribution in [0.5, 0.6) is 0 Å². The molecule has 12 heavy (non-hydrogen) atoms. The van der Waals surface area contributed by atoms with Gasteiger partial charge in [0.15, 0.2) is 14.6 Å². The van der Waals surface area contributed by atoms with Gasteiger partial charge in [0.05, 0.1) is 5.75 Å². The third kappa shape index (κ3) is 1.11. The second-order valence-electron chi connectivity index (χ2n) is 3.06. The standard InChI is InChI=1S/C6H11NO4S/c1-6(5(8)11-7)3-2-4-12(6,9)10/h2-4,7H2,1H3. The minimum Gasteiger partial charge on any atom is -0.372 e. The predicted molar refractivity (Wildman–Crippen MR) is 41.7 cm³/mol. The minimum atomic E-state index is -3.35. The van der Waals surface area contributed by atoms with Crippen molar-refractivity contribution in [3.8, 4) is 0 Å². The summed E-state index contributed by atoms with van der Waals surface area (Å²) in [4.78, 5) is 15.0. The van der Waals surface area contributed by atoms with Crippen molar-refractivity contribution in [3.05, 3.63) is 0 Å². The van der Waals surface area contributed by atoms with E-state index < -0.39 is 20.6 Å². The van der Waals surface area contributed by atoms with E-state index in [0.717, 1.165) is 0 Å². The molecule has 6 heteroatoms. The summed E-state index contributed by atoms with van der Waals surface area (Å²) >= 11 is 0. The topological polar surface area (TPSA) is 86.5 Å². The molecule has 2 N–H and O–H groups in total. The van der Waals surface area contributed by atoms with Crippen LogP contribution in [-0.4, -0.2) is 24.9 Å². The highest BCUT2D eigenvalue weighted by Crippen LogP contribution is 2.32. The molecular weight excluding hydrogens is 182 g/mol. The lowest BCUT2D eigenvalue weighted by Gasteiger charge is -2.17. The second kappa shape index (κ2) is 2.70. The van der Waals surface area contributed by atoms with Crippen molar-refractivity contribution in [1.29, 1.82) is 0 Å². The molecule has 0 saturated carbocycles. The van der Waals surface area contributed by atoms with Crippen LogP contribution in [0.1, 0.15) is 19.8 Å². The van der Waals surface area contributed by atoms with Gasteiger partial charge in [0.25, 0.3) is 0 Å². The zero-order valence-electron chi connectivity index (χ0n) is 6.74. The van der Waals surface area contributed by atoms with E-state index >= 15 is 0 Å². The molecule has 0 aromatic carbocycles. The molecule has 0 bridgehead atoms. The van der Waals surface area contributed by atoms with E-state index in [4.69, 9.17) is 0 Å². The van der Waals surface area contributed by atoms with Crippen molar-refractivity contribution in [1.82, 2.24) is 0 Å². The van der Waals surface area contributed by atoms with Crippen LogP contribution in [0.2, 0.25) is 0 Å². The number of nitrogens with two attached hydrogens (primary N) is 1. The first-order chi connectivity index (χ1) is 5.44. The Morgan fingerprint density at radius 2 is 2.17 bits per heavy atom. The molecule has 0 aliphatic carbocycles. The summed E-state index contributed by atoms with van der Waals surface area (Å²) in [5, 5.41) is 0. The van der Waals surface area contributed by atoms with E-state index in [-0.39, 0.29) is 5.75 Å². The molecule has 1 unspecified atom stereocenters. The van der Waals surface area contributed by atoms with Gasteiger partial charge in [0.2, 0.25) is 0 Å². The van der Waals surface area contributed by atoms with Crippen LogP contribution < -0.4 is 5.90 Å². The van der Waals surface area contributed by atoms with Crippen molar-refractivity contribution in [2.45, 2.75) is 24.5 Å². The summed E-state index contributed by atoms with van der Waals surface area (Å²) in [5.74, 6) is 3.82. The highest BCUT2D eigenvalue weighted by molar-refractivity contribution is 7.93. The van der Waals surface area contributed by atoms with E-state index in [0.29, 0.717) is 12.8 Å².